The number of benzene rings is 2. The van der Waals surface area contributed by atoms with Crippen LogP contribution >= 0.6 is 11.8 Å². The zero-order chi connectivity index (χ0) is 22.2. The van der Waals surface area contributed by atoms with Crippen LogP contribution in [0, 0.1) is 17.1 Å². The molecule has 3 aromatic rings. The summed E-state index contributed by atoms with van der Waals surface area (Å²) in [5, 5.41) is 9.19. The highest BCUT2D eigenvalue weighted by Crippen LogP contribution is 2.34. The summed E-state index contributed by atoms with van der Waals surface area (Å²) in [6.45, 7) is 1.24. The fourth-order valence-electron chi connectivity index (χ4n) is 3.79. The molecule has 1 aliphatic rings. The molecule has 0 spiro atoms. The van der Waals surface area contributed by atoms with Crippen LogP contribution in [0.1, 0.15) is 22.3 Å². The van der Waals surface area contributed by atoms with Gasteiger partial charge in [-0.3, -0.25) is 4.79 Å². The number of rotatable bonds is 3. The van der Waals surface area contributed by atoms with Gasteiger partial charge in [0.05, 0.1) is 22.2 Å². The summed E-state index contributed by atoms with van der Waals surface area (Å²) in [7, 11) is 0. The van der Waals surface area contributed by atoms with Crippen molar-refractivity contribution in [3.8, 4) is 6.07 Å². The average molecular weight is 447 g/mol. The van der Waals surface area contributed by atoms with Gasteiger partial charge < -0.3 is 9.88 Å². The van der Waals surface area contributed by atoms with E-state index in [0.29, 0.717) is 35.4 Å². The summed E-state index contributed by atoms with van der Waals surface area (Å²) in [6, 6.07) is 7.63. The summed E-state index contributed by atoms with van der Waals surface area (Å²) in [5.41, 5.74) is 0.298. The number of nitrogens with zero attached hydrogens (tertiary/aromatic N) is 2. The molecule has 0 amide bonds. The Morgan fingerprint density at radius 3 is 2.45 bits per heavy atom. The Bertz CT molecular complexity index is 1220. The molecular formula is C22H17F4N3OS. The number of nitrogens with one attached hydrogen (secondary N) is 1. The number of aromatic amines is 1. The van der Waals surface area contributed by atoms with Gasteiger partial charge in [0.15, 0.2) is 0 Å². The summed E-state index contributed by atoms with van der Waals surface area (Å²) in [4.78, 5) is 17.5. The Morgan fingerprint density at radius 2 is 1.84 bits per heavy atom. The van der Waals surface area contributed by atoms with E-state index in [9.17, 15) is 18.0 Å². The molecule has 4 rings (SSSR count). The third-order valence-corrected chi connectivity index (χ3v) is 6.26. The van der Waals surface area contributed by atoms with Crippen molar-refractivity contribution in [1.29, 1.82) is 5.26 Å². The zero-order valence-corrected chi connectivity index (χ0v) is 17.0. The first-order chi connectivity index (χ1) is 14.8. The number of thioether (sulfide) groups is 1. The van der Waals surface area contributed by atoms with E-state index in [0.717, 1.165) is 29.7 Å². The van der Waals surface area contributed by atoms with Crippen LogP contribution in [-0.4, -0.2) is 29.6 Å². The number of halogens is 4. The summed E-state index contributed by atoms with van der Waals surface area (Å²) < 4.78 is 54.0. The van der Waals surface area contributed by atoms with E-state index in [4.69, 9.17) is 5.26 Å². The van der Waals surface area contributed by atoms with E-state index in [2.05, 4.69) is 4.98 Å². The fraction of sp³-hybridized carbons (Fsp3) is 0.273. The lowest BCUT2D eigenvalue weighted by molar-refractivity contribution is -0.137. The third kappa shape index (κ3) is 4.12. The van der Waals surface area contributed by atoms with Crippen molar-refractivity contribution in [3.05, 3.63) is 74.8 Å². The molecule has 4 nitrogen and oxygen atoms in total. The van der Waals surface area contributed by atoms with Crippen LogP contribution in [0.5, 0.6) is 0 Å². The molecule has 2 heterocycles. The highest BCUT2D eigenvalue weighted by Gasteiger charge is 2.30. The molecule has 1 aromatic heterocycles. The monoisotopic (exact) mass is 447 g/mol. The quantitative estimate of drug-likeness (QED) is 0.592. The molecule has 1 aliphatic heterocycles. The highest BCUT2D eigenvalue weighted by atomic mass is 32.2. The predicted molar refractivity (Wildman–Crippen MR) is 113 cm³/mol. The fourth-order valence-corrected chi connectivity index (χ4v) is 4.69. The van der Waals surface area contributed by atoms with Gasteiger partial charge in [0.2, 0.25) is 5.43 Å². The topological polar surface area (TPSA) is 59.9 Å². The molecule has 31 heavy (non-hydrogen) atoms. The maximum Gasteiger partial charge on any atom is 0.416 e. The molecule has 0 radical (unpaired) electrons. The lowest BCUT2D eigenvalue weighted by atomic mass is 9.97. The van der Waals surface area contributed by atoms with Gasteiger partial charge in [-0.1, -0.05) is 12.1 Å². The van der Waals surface area contributed by atoms with E-state index in [-0.39, 0.29) is 17.4 Å². The Labute approximate surface area is 179 Å². The van der Waals surface area contributed by atoms with Crippen molar-refractivity contribution < 1.29 is 17.6 Å². The lowest BCUT2D eigenvalue weighted by Crippen LogP contribution is -2.34. The minimum Gasteiger partial charge on any atom is -0.367 e. The van der Waals surface area contributed by atoms with Crippen molar-refractivity contribution in [1.82, 2.24) is 4.98 Å². The van der Waals surface area contributed by atoms with E-state index in [1.54, 1.807) is 17.8 Å². The first-order valence-electron chi connectivity index (χ1n) is 9.55. The minimum atomic E-state index is -4.44. The first-order valence-corrected chi connectivity index (χ1v) is 10.7. The van der Waals surface area contributed by atoms with Crippen LogP contribution in [0.15, 0.2) is 41.3 Å². The smallest absolute Gasteiger partial charge is 0.367 e. The van der Waals surface area contributed by atoms with Gasteiger partial charge in [0, 0.05) is 42.8 Å². The Balaban J connectivity index is 1.88. The largest absolute Gasteiger partial charge is 0.416 e. The Hall–Kier alpha value is -2.99. The lowest BCUT2D eigenvalue weighted by Gasteiger charge is -2.31. The third-order valence-electron chi connectivity index (χ3n) is 5.31. The SMILES string of the molecule is N#Cc1c[nH]c2c(Cc3ccc(C(F)(F)F)cc3)c(N3CCSCC3)c(F)cc2c1=O. The molecule has 1 fully saturated rings. The Morgan fingerprint density at radius 1 is 1.16 bits per heavy atom. The maximum atomic E-state index is 15.3. The summed E-state index contributed by atoms with van der Waals surface area (Å²) >= 11 is 1.76. The zero-order valence-electron chi connectivity index (χ0n) is 16.2. The van der Waals surface area contributed by atoms with Gasteiger partial charge in [-0.05, 0) is 23.8 Å². The van der Waals surface area contributed by atoms with Crippen molar-refractivity contribution >= 4 is 28.4 Å². The number of anilines is 1. The van der Waals surface area contributed by atoms with E-state index in [1.807, 2.05) is 4.90 Å². The van der Waals surface area contributed by atoms with Crippen molar-refractivity contribution in [2.24, 2.45) is 0 Å². The number of H-pyrrole nitrogens is 1. The van der Waals surface area contributed by atoms with Gasteiger partial charge in [-0.25, -0.2) is 4.39 Å². The number of fused-ring (bicyclic) bond motifs is 1. The van der Waals surface area contributed by atoms with Crippen LogP contribution in [0.3, 0.4) is 0 Å². The van der Waals surface area contributed by atoms with E-state index < -0.39 is 23.0 Å². The molecular weight excluding hydrogens is 430 g/mol. The van der Waals surface area contributed by atoms with Crippen LogP contribution in [0.2, 0.25) is 0 Å². The van der Waals surface area contributed by atoms with Crippen molar-refractivity contribution in [3.63, 3.8) is 0 Å². The molecule has 160 valence electrons. The van der Waals surface area contributed by atoms with Crippen LogP contribution < -0.4 is 10.3 Å². The van der Waals surface area contributed by atoms with E-state index in [1.165, 1.54) is 18.3 Å². The maximum absolute atomic E-state index is 15.3. The predicted octanol–water partition coefficient (Wildman–Crippen LogP) is 4.70. The molecule has 0 saturated carbocycles. The normalized spacial score (nSPS) is 14.6. The van der Waals surface area contributed by atoms with Crippen LogP contribution in [0.4, 0.5) is 23.2 Å². The van der Waals surface area contributed by atoms with Crippen molar-refractivity contribution in [2.75, 3.05) is 29.5 Å². The number of aromatic nitrogens is 1. The number of pyridine rings is 1. The van der Waals surface area contributed by atoms with Gasteiger partial charge in [0.1, 0.15) is 17.4 Å². The molecule has 9 heteroatoms. The van der Waals surface area contributed by atoms with Gasteiger partial charge in [-0.15, -0.1) is 0 Å². The molecule has 0 bridgehead atoms. The second-order valence-electron chi connectivity index (χ2n) is 7.22. The number of nitriles is 1. The second kappa shape index (κ2) is 8.27. The number of hydrogen-bond acceptors (Lipinski definition) is 4. The standard InChI is InChI=1S/C22H17F4N3OS/c23-18-10-17-19(28-12-14(11-27)21(17)30)16(20(18)29-5-7-31-8-6-29)9-13-1-3-15(4-2-13)22(24,25)26/h1-4,10,12H,5-9H2,(H,28,30). The molecule has 1 N–H and O–H groups in total. The summed E-state index contributed by atoms with van der Waals surface area (Å²) in [6.07, 6.45) is -3.03. The number of hydrogen-bond donors (Lipinski definition) is 1. The molecule has 1 saturated heterocycles. The number of alkyl halides is 3. The minimum absolute atomic E-state index is 0.0496. The van der Waals surface area contributed by atoms with Gasteiger partial charge >= 0.3 is 6.18 Å². The average Bonchev–Trinajstić information content (AvgIpc) is 2.75. The Kier molecular flexibility index (Phi) is 5.67. The van der Waals surface area contributed by atoms with Crippen molar-refractivity contribution in [2.45, 2.75) is 12.6 Å². The second-order valence-corrected chi connectivity index (χ2v) is 8.45. The van der Waals surface area contributed by atoms with E-state index >= 15 is 4.39 Å². The molecule has 0 unspecified atom stereocenters. The van der Waals surface area contributed by atoms with Gasteiger partial charge in [0.25, 0.3) is 0 Å². The van der Waals surface area contributed by atoms with Gasteiger partial charge in [-0.2, -0.15) is 30.2 Å². The molecule has 0 atom stereocenters. The molecule has 0 aliphatic carbocycles. The molecule has 2 aromatic carbocycles. The highest BCUT2D eigenvalue weighted by molar-refractivity contribution is 7.99. The van der Waals surface area contributed by atoms with Crippen LogP contribution in [-0.2, 0) is 12.6 Å². The van der Waals surface area contributed by atoms with Crippen LogP contribution in [0.25, 0.3) is 10.9 Å². The first kappa shape index (κ1) is 21.2. The summed E-state index contributed by atoms with van der Waals surface area (Å²) in [5.74, 6) is 1.06.